The van der Waals surface area contributed by atoms with Gasteiger partial charge in [0.25, 0.3) is 5.91 Å². The van der Waals surface area contributed by atoms with Gasteiger partial charge in [0.1, 0.15) is 0 Å². The third-order valence-corrected chi connectivity index (χ3v) is 3.72. The molecule has 1 saturated heterocycles. The molecule has 3 rings (SSSR count). The lowest BCUT2D eigenvalue weighted by atomic mass is 9.89. The van der Waals surface area contributed by atoms with Gasteiger partial charge in [0, 0.05) is 18.9 Å². The number of rotatable bonds is 0. The zero-order chi connectivity index (χ0) is 10.5. The van der Waals surface area contributed by atoms with Gasteiger partial charge >= 0.3 is 0 Å². The average molecular weight is 203 g/mol. The molecule has 2 N–H and O–H groups in total. The lowest BCUT2D eigenvalue weighted by Gasteiger charge is -2.36. The summed E-state index contributed by atoms with van der Waals surface area (Å²) in [5.74, 6) is 0.171. The van der Waals surface area contributed by atoms with Crippen LogP contribution in [-0.2, 0) is 16.9 Å². The topological polar surface area (TPSA) is 33.5 Å². The smallest absolute Gasteiger partial charge is 0.280 e. The molecule has 1 aromatic carbocycles. The molecule has 2 atom stereocenters. The van der Waals surface area contributed by atoms with Crippen LogP contribution >= 0.6 is 0 Å². The first-order valence-electron chi connectivity index (χ1n) is 5.45. The molecule has 2 heterocycles. The fourth-order valence-electron chi connectivity index (χ4n) is 2.89. The van der Waals surface area contributed by atoms with Crippen LogP contribution in [0.5, 0.6) is 0 Å². The number of fused-ring (bicyclic) bond motifs is 3. The zero-order valence-electron chi connectivity index (χ0n) is 8.84. The van der Waals surface area contributed by atoms with Crippen LogP contribution in [0.4, 0.5) is 0 Å². The summed E-state index contributed by atoms with van der Waals surface area (Å²) in [5, 5.41) is 3.11. The summed E-state index contributed by atoms with van der Waals surface area (Å²) in [5.41, 5.74) is 2.48. The van der Waals surface area contributed by atoms with Crippen molar-refractivity contribution in [1.82, 2.24) is 5.32 Å². The number of hydrogen-bond acceptors (Lipinski definition) is 1. The van der Waals surface area contributed by atoms with E-state index in [1.807, 2.05) is 0 Å². The van der Waals surface area contributed by atoms with E-state index in [0.29, 0.717) is 6.54 Å². The average Bonchev–Trinajstić information content (AvgIpc) is 2.53. The highest BCUT2D eigenvalue weighted by atomic mass is 16.2. The first-order valence-corrected chi connectivity index (χ1v) is 5.45. The number of carbonyl (C=O) groups is 1. The molecule has 3 nitrogen and oxygen atoms in total. The van der Waals surface area contributed by atoms with Crippen molar-refractivity contribution in [2.24, 2.45) is 0 Å². The Labute approximate surface area is 89.1 Å². The molecule has 0 aromatic heterocycles. The largest absolute Gasteiger partial charge is 0.301 e. The maximum atomic E-state index is 11.5. The second-order valence-corrected chi connectivity index (χ2v) is 4.61. The maximum absolute atomic E-state index is 11.5. The summed E-state index contributed by atoms with van der Waals surface area (Å²) in [6, 6.07) is 8.43. The van der Waals surface area contributed by atoms with E-state index in [2.05, 4.69) is 36.5 Å². The highest BCUT2D eigenvalue weighted by molar-refractivity contribution is 5.79. The Hall–Kier alpha value is -1.35. The highest BCUT2D eigenvalue weighted by Gasteiger charge is 2.49. The fraction of sp³-hybridized carbons (Fsp3) is 0.417. The van der Waals surface area contributed by atoms with E-state index in [1.165, 1.54) is 16.0 Å². The monoisotopic (exact) mass is 203 g/mol. The molecule has 0 saturated carbocycles. The molecule has 0 radical (unpaired) electrons. The van der Waals surface area contributed by atoms with Crippen LogP contribution in [0, 0.1) is 0 Å². The maximum Gasteiger partial charge on any atom is 0.280 e. The van der Waals surface area contributed by atoms with Gasteiger partial charge in [-0.3, -0.25) is 10.1 Å². The molecule has 0 bridgehead atoms. The van der Waals surface area contributed by atoms with Crippen LogP contribution in [0.3, 0.4) is 0 Å². The number of benzene rings is 1. The molecule has 0 aliphatic carbocycles. The SMILES string of the molecule is C[C@]12NC(=O)C[NH+]1CCc1ccccc12. The van der Waals surface area contributed by atoms with E-state index in [4.69, 9.17) is 0 Å². The summed E-state index contributed by atoms with van der Waals surface area (Å²) >= 11 is 0. The highest BCUT2D eigenvalue weighted by Crippen LogP contribution is 2.24. The number of quaternary nitrogens is 1. The van der Waals surface area contributed by atoms with Gasteiger partial charge in [0.15, 0.2) is 12.2 Å². The molecule has 2 aliphatic heterocycles. The first-order chi connectivity index (χ1) is 7.20. The van der Waals surface area contributed by atoms with E-state index in [0.717, 1.165) is 13.0 Å². The predicted octanol–water partition coefficient (Wildman–Crippen LogP) is -0.570. The molecule has 1 amide bonds. The van der Waals surface area contributed by atoms with Crippen molar-refractivity contribution in [3.05, 3.63) is 35.4 Å². The van der Waals surface area contributed by atoms with Crippen molar-refractivity contribution in [3.8, 4) is 0 Å². The Kier molecular flexibility index (Phi) is 1.68. The van der Waals surface area contributed by atoms with Crippen molar-refractivity contribution < 1.29 is 9.69 Å². The van der Waals surface area contributed by atoms with Crippen LogP contribution in [-0.4, -0.2) is 19.0 Å². The van der Waals surface area contributed by atoms with Gasteiger partial charge in [-0.25, -0.2) is 0 Å². The van der Waals surface area contributed by atoms with Crippen molar-refractivity contribution in [1.29, 1.82) is 0 Å². The summed E-state index contributed by atoms with van der Waals surface area (Å²) in [6.07, 6.45) is 1.08. The van der Waals surface area contributed by atoms with E-state index < -0.39 is 0 Å². The lowest BCUT2D eigenvalue weighted by Crippen LogP contribution is -3.18. The van der Waals surface area contributed by atoms with Gasteiger partial charge < -0.3 is 4.90 Å². The Morgan fingerprint density at radius 2 is 2.20 bits per heavy atom. The first kappa shape index (κ1) is 8.92. The van der Waals surface area contributed by atoms with Crippen LogP contribution in [0.2, 0.25) is 0 Å². The lowest BCUT2D eigenvalue weighted by molar-refractivity contribution is -0.947. The second kappa shape index (κ2) is 2.83. The third kappa shape index (κ3) is 1.13. The molecule has 15 heavy (non-hydrogen) atoms. The zero-order valence-corrected chi connectivity index (χ0v) is 8.84. The van der Waals surface area contributed by atoms with Gasteiger partial charge in [0.2, 0.25) is 0 Å². The molecule has 1 aromatic rings. The van der Waals surface area contributed by atoms with Gasteiger partial charge in [-0.15, -0.1) is 0 Å². The van der Waals surface area contributed by atoms with Gasteiger partial charge in [-0.1, -0.05) is 24.3 Å². The van der Waals surface area contributed by atoms with E-state index >= 15 is 0 Å². The summed E-state index contributed by atoms with van der Waals surface area (Å²) < 4.78 is 0. The number of nitrogens with one attached hydrogen (secondary N) is 2. The van der Waals surface area contributed by atoms with Crippen molar-refractivity contribution in [2.75, 3.05) is 13.1 Å². The number of amides is 1. The Balaban J connectivity index is 2.15. The summed E-state index contributed by atoms with van der Waals surface area (Å²) in [6.45, 7) is 3.79. The summed E-state index contributed by atoms with van der Waals surface area (Å²) in [7, 11) is 0. The van der Waals surface area contributed by atoms with Crippen molar-refractivity contribution in [3.63, 3.8) is 0 Å². The Morgan fingerprint density at radius 3 is 3.07 bits per heavy atom. The van der Waals surface area contributed by atoms with Gasteiger partial charge in [-0.05, 0) is 5.56 Å². The normalized spacial score (nSPS) is 33.1. The predicted molar refractivity (Wildman–Crippen MR) is 56.3 cm³/mol. The quantitative estimate of drug-likeness (QED) is 0.582. The number of carbonyl (C=O) groups excluding carboxylic acids is 1. The third-order valence-electron chi connectivity index (χ3n) is 3.72. The minimum absolute atomic E-state index is 0.171. The van der Waals surface area contributed by atoms with Crippen LogP contribution < -0.4 is 10.2 Å². The molecule has 0 spiro atoms. The van der Waals surface area contributed by atoms with Gasteiger partial charge in [-0.2, -0.15) is 0 Å². The standard InChI is InChI=1S/C12H14N2O/c1-12-10-5-3-2-4-9(10)6-7-14(12)8-11(15)13-12/h2-5H,6-8H2,1H3,(H,13,15)/p+1/t12-/m0/s1. The fourth-order valence-corrected chi connectivity index (χ4v) is 2.89. The molecular formula is C12H15N2O+. The molecule has 1 fully saturated rings. The molecule has 1 unspecified atom stereocenters. The van der Waals surface area contributed by atoms with Gasteiger partial charge in [0.05, 0.1) is 6.54 Å². The molecular weight excluding hydrogens is 188 g/mol. The van der Waals surface area contributed by atoms with Crippen LogP contribution in [0.15, 0.2) is 24.3 Å². The van der Waals surface area contributed by atoms with E-state index in [1.54, 1.807) is 0 Å². The molecule has 78 valence electrons. The summed E-state index contributed by atoms with van der Waals surface area (Å²) in [4.78, 5) is 12.8. The van der Waals surface area contributed by atoms with E-state index in [-0.39, 0.29) is 11.6 Å². The second-order valence-electron chi connectivity index (χ2n) is 4.61. The number of hydrogen-bond donors (Lipinski definition) is 2. The van der Waals surface area contributed by atoms with Crippen molar-refractivity contribution in [2.45, 2.75) is 19.0 Å². The minimum atomic E-state index is -0.189. The molecule has 2 aliphatic rings. The minimum Gasteiger partial charge on any atom is -0.301 e. The van der Waals surface area contributed by atoms with Crippen LogP contribution in [0.1, 0.15) is 18.1 Å². The Morgan fingerprint density at radius 1 is 1.40 bits per heavy atom. The Bertz CT molecular complexity index is 429. The van der Waals surface area contributed by atoms with Crippen LogP contribution in [0.25, 0.3) is 0 Å². The molecule has 3 heteroatoms. The van der Waals surface area contributed by atoms with E-state index in [9.17, 15) is 4.79 Å². The van der Waals surface area contributed by atoms with Crippen molar-refractivity contribution >= 4 is 5.91 Å².